The second-order valence-corrected chi connectivity index (χ2v) is 11.9. The molecule has 4 rings (SSSR count). The second-order valence-electron chi connectivity index (χ2n) is 10.9. The number of aromatic nitrogens is 2. The van der Waals surface area contributed by atoms with Crippen molar-refractivity contribution in [3.05, 3.63) is 75.8 Å². The number of halogens is 2. The average Bonchev–Trinajstić information content (AvgIpc) is 3.63. The van der Waals surface area contributed by atoms with Gasteiger partial charge in [0.15, 0.2) is 0 Å². The van der Waals surface area contributed by atoms with Crippen LogP contribution in [0.1, 0.15) is 67.1 Å². The number of carbonyl (C=O) groups excluding carboxylic acids is 2. The van der Waals surface area contributed by atoms with Crippen molar-refractivity contribution in [3.8, 4) is 0 Å². The maximum absolute atomic E-state index is 13.7. The molecule has 1 saturated carbocycles. The summed E-state index contributed by atoms with van der Waals surface area (Å²) in [6.45, 7) is 2.83. The van der Waals surface area contributed by atoms with Crippen LogP contribution in [0.5, 0.6) is 0 Å². The van der Waals surface area contributed by atoms with Crippen LogP contribution >= 0.6 is 11.3 Å². The Morgan fingerprint density at radius 3 is 2.52 bits per heavy atom. The predicted molar refractivity (Wildman–Crippen MR) is 159 cm³/mol. The molecule has 1 amide bonds. The molecule has 3 aromatic rings. The molecule has 4 N–H and O–H groups in total. The quantitative estimate of drug-likeness (QED) is 0.208. The molecule has 226 valence electrons. The fraction of sp³-hybridized carbons (Fsp3) is 0.484. The zero-order valence-electron chi connectivity index (χ0n) is 23.9. The third-order valence-electron chi connectivity index (χ3n) is 7.44. The van der Waals surface area contributed by atoms with Crippen molar-refractivity contribution in [2.45, 2.75) is 83.4 Å². The number of nitrogens with one attached hydrogen (secondary N) is 2. The van der Waals surface area contributed by atoms with Gasteiger partial charge in [-0.2, -0.15) is 0 Å². The van der Waals surface area contributed by atoms with E-state index in [1.165, 1.54) is 54.7 Å². The third kappa shape index (κ3) is 10.2. The third-order valence-corrected chi connectivity index (χ3v) is 8.30. The van der Waals surface area contributed by atoms with Gasteiger partial charge in [0.25, 0.3) is 0 Å². The number of anilines is 1. The van der Waals surface area contributed by atoms with Crippen molar-refractivity contribution >= 4 is 28.3 Å². The second kappa shape index (κ2) is 15.8. The number of rotatable bonds is 15. The molecule has 0 bridgehead atoms. The lowest BCUT2D eigenvalue weighted by Crippen LogP contribution is -2.46. The lowest BCUT2D eigenvalue weighted by molar-refractivity contribution is -0.150. The summed E-state index contributed by atoms with van der Waals surface area (Å²) in [7, 11) is 0. The smallest absolute Gasteiger partial charge is 0.306 e. The molecular weight excluding hydrogens is 560 g/mol. The number of nitrogens with zero attached hydrogens (tertiary/aromatic N) is 2. The Bertz CT molecular complexity index is 1310. The van der Waals surface area contributed by atoms with Crippen molar-refractivity contribution in [2.24, 2.45) is 11.7 Å². The van der Waals surface area contributed by atoms with Gasteiger partial charge in [0.2, 0.25) is 11.0 Å². The minimum atomic E-state index is -0.789. The van der Waals surface area contributed by atoms with Crippen LogP contribution < -0.4 is 16.4 Å². The summed E-state index contributed by atoms with van der Waals surface area (Å²) in [5.41, 5.74) is 9.03. The van der Waals surface area contributed by atoms with Crippen molar-refractivity contribution in [1.82, 2.24) is 15.5 Å². The van der Waals surface area contributed by atoms with Crippen molar-refractivity contribution in [2.75, 3.05) is 11.9 Å². The number of hydrogen-bond donors (Lipinski definition) is 3. The highest BCUT2D eigenvalue weighted by atomic mass is 32.1. The first-order valence-corrected chi connectivity index (χ1v) is 15.4. The highest BCUT2D eigenvalue weighted by Crippen LogP contribution is 2.29. The zero-order chi connectivity index (χ0) is 29.9. The van der Waals surface area contributed by atoms with Gasteiger partial charge in [-0.05, 0) is 47.6 Å². The van der Waals surface area contributed by atoms with E-state index in [0.717, 1.165) is 29.5 Å². The first-order valence-electron chi connectivity index (χ1n) is 14.6. The Hall–Kier alpha value is -3.28. The van der Waals surface area contributed by atoms with Crippen LogP contribution in [0.3, 0.4) is 0 Å². The summed E-state index contributed by atoms with van der Waals surface area (Å²) in [6.07, 6.45) is 5.76. The van der Waals surface area contributed by atoms with Crippen molar-refractivity contribution in [1.29, 1.82) is 0 Å². The van der Waals surface area contributed by atoms with Crippen LogP contribution in [0, 0.1) is 17.6 Å². The van der Waals surface area contributed by atoms with Gasteiger partial charge < -0.3 is 21.1 Å². The molecule has 1 aliphatic carbocycles. The number of ether oxygens (including phenoxy) is 1. The van der Waals surface area contributed by atoms with Gasteiger partial charge in [0.05, 0.1) is 6.42 Å². The van der Waals surface area contributed by atoms with Crippen LogP contribution in [0.15, 0.2) is 42.5 Å². The Morgan fingerprint density at radius 1 is 1.05 bits per heavy atom. The van der Waals surface area contributed by atoms with E-state index in [-0.39, 0.29) is 31.7 Å². The number of hydrogen-bond acceptors (Lipinski definition) is 8. The molecule has 8 nitrogen and oxygen atoms in total. The van der Waals surface area contributed by atoms with Gasteiger partial charge >= 0.3 is 5.97 Å². The molecule has 1 heterocycles. The Balaban J connectivity index is 1.30. The number of benzene rings is 2. The summed E-state index contributed by atoms with van der Waals surface area (Å²) >= 11 is 1.36. The fourth-order valence-corrected chi connectivity index (χ4v) is 6.07. The minimum absolute atomic E-state index is 0.0926. The molecule has 2 unspecified atom stereocenters. The lowest BCUT2D eigenvalue weighted by Gasteiger charge is -2.25. The van der Waals surface area contributed by atoms with Crippen LogP contribution in [-0.4, -0.2) is 40.8 Å². The number of aryl methyl sites for hydroxylation is 1. The average molecular weight is 600 g/mol. The van der Waals surface area contributed by atoms with E-state index in [9.17, 15) is 18.4 Å². The fourth-order valence-electron chi connectivity index (χ4n) is 5.20. The van der Waals surface area contributed by atoms with Gasteiger partial charge in [0, 0.05) is 38.0 Å². The minimum Gasteiger partial charge on any atom is -0.459 e. The highest BCUT2D eigenvalue weighted by molar-refractivity contribution is 7.15. The van der Waals surface area contributed by atoms with E-state index in [0.29, 0.717) is 23.2 Å². The molecular formula is C31H39F2N5O3S. The van der Waals surface area contributed by atoms with E-state index < -0.39 is 29.7 Å². The van der Waals surface area contributed by atoms with Crippen LogP contribution in [-0.2, 0) is 40.1 Å². The molecule has 0 aliphatic heterocycles. The van der Waals surface area contributed by atoms with Crippen molar-refractivity contribution < 1.29 is 23.1 Å². The van der Waals surface area contributed by atoms with E-state index in [1.807, 2.05) is 12.1 Å². The molecule has 0 saturated heterocycles. The van der Waals surface area contributed by atoms with E-state index in [1.54, 1.807) is 0 Å². The molecule has 11 heteroatoms. The lowest BCUT2D eigenvalue weighted by atomic mass is 10.0. The van der Waals surface area contributed by atoms with Crippen LogP contribution in [0.2, 0.25) is 0 Å². The molecule has 1 aliphatic rings. The van der Waals surface area contributed by atoms with E-state index >= 15 is 0 Å². The molecule has 0 radical (unpaired) electrons. The van der Waals surface area contributed by atoms with E-state index in [4.69, 9.17) is 10.5 Å². The standard InChI is InChI=1S/C31H39F2N5O3S/c1-2-20-8-5-9-22(12-20)18-35-19-27(26(34)15-23-13-24(32)17-25(33)14-23)41-30(40)11-10-28(39)36-31-38-37-29(42-31)16-21-6-3-4-7-21/h5,8-9,12-14,17,21,26-27,35H,2-4,6-7,10-11,15-16,18-19,34H2,1H3,(H,36,38,39). The monoisotopic (exact) mass is 599 g/mol. The number of nitrogens with two attached hydrogens (primary N) is 1. The molecule has 1 fully saturated rings. The molecule has 42 heavy (non-hydrogen) atoms. The summed E-state index contributed by atoms with van der Waals surface area (Å²) in [6, 6.07) is 10.6. The summed E-state index contributed by atoms with van der Waals surface area (Å²) in [4.78, 5) is 25.2. The first-order chi connectivity index (χ1) is 20.3. The highest BCUT2D eigenvalue weighted by Gasteiger charge is 2.24. The van der Waals surface area contributed by atoms with Gasteiger partial charge in [-0.15, -0.1) is 10.2 Å². The largest absolute Gasteiger partial charge is 0.459 e. The predicted octanol–water partition coefficient (Wildman–Crippen LogP) is 5.10. The Labute approximate surface area is 249 Å². The summed E-state index contributed by atoms with van der Waals surface area (Å²) < 4.78 is 33.2. The van der Waals surface area contributed by atoms with Gasteiger partial charge in [-0.1, -0.05) is 68.2 Å². The Morgan fingerprint density at radius 2 is 1.79 bits per heavy atom. The Kier molecular flexibility index (Phi) is 11.9. The van der Waals surface area contributed by atoms with Crippen LogP contribution in [0.4, 0.5) is 13.9 Å². The van der Waals surface area contributed by atoms with Gasteiger partial charge in [0.1, 0.15) is 22.7 Å². The maximum Gasteiger partial charge on any atom is 0.306 e. The number of esters is 1. The van der Waals surface area contributed by atoms with Gasteiger partial charge in [-0.25, -0.2) is 8.78 Å². The van der Waals surface area contributed by atoms with Crippen LogP contribution in [0.25, 0.3) is 0 Å². The molecule has 1 aromatic heterocycles. The zero-order valence-corrected chi connectivity index (χ0v) is 24.7. The number of carbonyl (C=O) groups is 2. The number of amides is 1. The summed E-state index contributed by atoms with van der Waals surface area (Å²) in [5, 5.41) is 15.6. The normalized spacial score (nSPS) is 15.0. The first kappa shape index (κ1) is 31.7. The SMILES string of the molecule is CCc1cccc(CNCC(OC(=O)CCC(=O)Nc2nnc(CC3CCCC3)s2)C(N)Cc2cc(F)cc(F)c2)c1. The molecule has 2 aromatic carbocycles. The van der Waals surface area contributed by atoms with Crippen molar-refractivity contribution in [3.63, 3.8) is 0 Å². The molecule has 2 atom stereocenters. The molecule has 0 spiro atoms. The summed E-state index contributed by atoms with van der Waals surface area (Å²) in [5.74, 6) is -1.73. The maximum atomic E-state index is 13.7. The van der Waals surface area contributed by atoms with E-state index in [2.05, 4.69) is 39.9 Å². The topological polar surface area (TPSA) is 119 Å². The van der Waals surface area contributed by atoms with Gasteiger partial charge in [-0.3, -0.25) is 9.59 Å².